The molecule has 0 radical (unpaired) electrons. The third-order valence-corrected chi connectivity index (χ3v) is 2.98. The molecule has 0 aliphatic rings. The number of hydrogen-bond acceptors (Lipinski definition) is 3. The highest BCUT2D eigenvalue weighted by atomic mass is 35.5. The van der Waals surface area contributed by atoms with Crippen molar-refractivity contribution in [1.29, 1.82) is 0 Å². The maximum atomic E-state index is 12.1. The molecule has 0 fully saturated rings. The molecular weight excluding hydrogens is 264 g/mol. The second-order valence-corrected chi connectivity index (χ2v) is 4.29. The van der Waals surface area contributed by atoms with Crippen molar-refractivity contribution in [1.82, 2.24) is 0 Å². The lowest BCUT2D eigenvalue weighted by molar-refractivity contribution is 0.102. The Kier molecular flexibility index (Phi) is 3.92. The first-order valence-electron chi connectivity index (χ1n) is 5.61. The lowest BCUT2D eigenvalue weighted by atomic mass is 10.1. The second-order valence-electron chi connectivity index (χ2n) is 3.88. The molecule has 0 bridgehead atoms. The number of benzene rings is 2. The minimum absolute atomic E-state index is 0.273. The molecular formula is C14H13ClN2O2. The average Bonchev–Trinajstić information content (AvgIpc) is 2.42. The zero-order valence-corrected chi connectivity index (χ0v) is 11.1. The van der Waals surface area contributed by atoms with E-state index < -0.39 is 0 Å². The molecule has 0 aliphatic heterocycles. The Balaban J connectivity index is 2.18. The summed E-state index contributed by atoms with van der Waals surface area (Å²) in [5, 5.41) is 3.11. The maximum Gasteiger partial charge on any atom is 0.257 e. The van der Waals surface area contributed by atoms with Crippen molar-refractivity contribution in [3.63, 3.8) is 0 Å². The third-order valence-electron chi connectivity index (χ3n) is 2.65. The largest absolute Gasteiger partial charge is 0.497 e. The minimum atomic E-state index is -0.301. The van der Waals surface area contributed by atoms with Gasteiger partial charge in [0.1, 0.15) is 5.75 Å². The van der Waals surface area contributed by atoms with Gasteiger partial charge >= 0.3 is 0 Å². The van der Waals surface area contributed by atoms with Crippen LogP contribution >= 0.6 is 11.6 Å². The summed E-state index contributed by atoms with van der Waals surface area (Å²) < 4.78 is 5.04. The van der Waals surface area contributed by atoms with E-state index in [-0.39, 0.29) is 11.6 Å². The SMILES string of the molecule is COc1ccc(NC(=O)c2cccc(Cl)c2N)cc1. The van der Waals surface area contributed by atoms with E-state index in [0.29, 0.717) is 16.3 Å². The first-order chi connectivity index (χ1) is 9.11. The Hall–Kier alpha value is -2.20. The predicted molar refractivity (Wildman–Crippen MR) is 76.8 cm³/mol. The molecule has 2 aromatic carbocycles. The van der Waals surface area contributed by atoms with Crippen LogP contribution in [0, 0.1) is 0 Å². The van der Waals surface area contributed by atoms with Crippen molar-refractivity contribution in [2.75, 3.05) is 18.2 Å². The molecule has 0 heterocycles. The number of anilines is 2. The number of carbonyl (C=O) groups excluding carboxylic acids is 1. The fourth-order valence-electron chi connectivity index (χ4n) is 1.61. The van der Waals surface area contributed by atoms with Crippen LogP contribution in [0.3, 0.4) is 0 Å². The standard InChI is InChI=1S/C14H13ClN2O2/c1-19-10-7-5-9(6-8-10)17-14(18)11-3-2-4-12(15)13(11)16/h2-8H,16H2,1H3,(H,17,18). The van der Waals surface area contributed by atoms with Crippen LogP contribution < -0.4 is 15.8 Å². The van der Waals surface area contributed by atoms with Gasteiger partial charge < -0.3 is 15.8 Å². The van der Waals surface area contributed by atoms with E-state index in [4.69, 9.17) is 22.1 Å². The highest BCUT2D eigenvalue weighted by Crippen LogP contribution is 2.23. The number of rotatable bonds is 3. The molecule has 0 aliphatic carbocycles. The van der Waals surface area contributed by atoms with E-state index in [1.54, 1.807) is 49.6 Å². The van der Waals surface area contributed by atoms with E-state index in [2.05, 4.69) is 5.32 Å². The molecule has 19 heavy (non-hydrogen) atoms. The smallest absolute Gasteiger partial charge is 0.257 e. The molecule has 5 heteroatoms. The summed E-state index contributed by atoms with van der Waals surface area (Å²) in [6.45, 7) is 0. The van der Waals surface area contributed by atoms with Crippen LogP contribution in [-0.2, 0) is 0 Å². The molecule has 0 spiro atoms. The van der Waals surface area contributed by atoms with Gasteiger partial charge in [-0.15, -0.1) is 0 Å². The van der Waals surface area contributed by atoms with Crippen LogP contribution in [0.25, 0.3) is 0 Å². The van der Waals surface area contributed by atoms with Crippen molar-refractivity contribution in [2.45, 2.75) is 0 Å². The lowest BCUT2D eigenvalue weighted by Crippen LogP contribution is -2.14. The van der Waals surface area contributed by atoms with Gasteiger partial charge in [0.2, 0.25) is 0 Å². The summed E-state index contributed by atoms with van der Waals surface area (Å²) >= 11 is 5.88. The Bertz CT molecular complexity index is 597. The minimum Gasteiger partial charge on any atom is -0.497 e. The number of halogens is 1. The number of amides is 1. The number of para-hydroxylation sites is 1. The molecule has 2 aromatic rings. The van der Waals surface area contributed by atoms with Gasteiger partial charge in [0.05, 0.1) is 23.4 Å². The van der Waals surface area contributed by atoms with Crippen LogP contribution in [0.5, 0.6) is 5.75 Å². The molecule has 0 saturated heterocycles. The first-order valence-corrected chi connectivity index (χ1v) is 5.99. The van der Waals surface area contributed by atoms with Crippen LogP contribution in [-0.4, -0.2) is 13.0 Å². The number of ether oxygens (including phenoxy) is 1. The average molecular weight is 277 g/mol. The number of methoxy groups -OCH3 is 1. The van der Waals surface area contributed by atoms with Crippen molar-refractivity contribution in [2.24, 2.45) is 0 Å². The van der Waals surface area contributed by atoms with E-state index in [0.717, 1.165) is 5.75 Å². The molecule has 0 aromatic heterocycles. The Morgan fingerprint density at radius 3 is 2.53 bits per heavy atom. The summed E-state index contributed by atoms with van der Waals surface area (Å²) in [6.07, 6.45) is 0. The van der Waals surface area contributed by atoms with E-state index in [9.17, 15) is 4.79 Å². The molecule has 0 atom stereocenters. The van der Waals surface area contributed by atoms with Gasteiger partial charge in [-0.25, -0.2) is 0 Å². The van der Waals surface area contributed by atoms with E-state index in [1.165, 1.54) is 0 Å². The second kappa shape index (κ2) is 5.63. The van der Waals surface area contributed by atoms with Crippen LogP contribution in [0.2, 0.25) is 5.02 Å². The monoisotopic (exact) mass is 276 g/mol. The number of hydrogen-bond donors (Lipinski definition) is 2. The summed E-state index contributed by atoms with van der Waals surface area (Å²) in [5.41, 5.74) is 7.05. The van der Waals surface area contributed by atoms with Gasteiger partial charge in [0, 0.05) is 5.69 Å². The molecule has 1 amide bonds. The summed E-state index contributed by atoms with van der Waals surface area (Å²) in [4.78, 5) is 12.1. The van der Waals surface area contributed by atoms with Crippen LogP contribution in [0.4, 0.5) is 11.4 Å². The molecule has 3 N–H and O–H groups in total. The molecule has 2 rings (SSSR count). The van der Waals surface area contributed by atoms with Gasteiger partial charge in [-0.1, -0.05) is 17.7 Å². The predicted octanol–water partition coefficient (Wildman–Crippen LogP) is 3.18. The van der Waals surface area contributed by atoms with Crippen LogP contribution in [0.1, 0.15) is 10.4 Å². The summed E-state index contributed by atoms with van der Waals surface area (Å²) in [6, 6.07) is 12.0. The van der Waals surface area contributed by atoms with Crippen molar-refractivity contribution < 1.29 is 9.53 Å². The Morgan fingerprint density at radius 2 is 1.89 bits per heavy atom. The van der Waals surface area contributed by atoms with E-state index in [1.807, 2.05) is 0 Å². The fraction of sp³-hybridized carbons (Fsp3) is 0.0714. The Morgan fingerprint density at radius 1 is 1.21 bits per heavy atom. The highest BCUT2D eigenvalue weighted by molar-refractivity contribution is 6.34. The zero-order valence-electron chi connectivity index (χ0n) is 10.3. The van der Waals surface area contributed by atoms with Gasteiger partial charge in [0.25, 0.3) is 5.91 Å². The number of nitrogen functional groups attached to an aromatic ring is 1. The van der Waals surface area contributed by atoms with E-state index >= 15 is 0 Å². The molecule has 0 saturated carbocycles. The van der Waals surface area contributed by atoms with Crippen molar-refractivity contribution in [3.05, 3.63) is 53.1 Å². The third kappa shape index (κ3) is 2.98. The van der Waals surface area contributed by atoms with Gasteiger partial charge in [0.15, 0.2) is 0 Å². The number of carbonyl (C=O) groups is 1. The first kappa shape index (κ1) is 13.2. The van der Waals surface area contributed by atoms with Gasteiger partial charge in [-0.05, 0) is 36.4 Å². The molecule has 4 nitrogen and oxygen atoms in total. The topological polar surface area (TPSA) is 64.3 Å². The quantitative estimate of drug-likeness (QED) is 0.846. The van der Waals surface area contributed by atoms with Crippen molar-refractivity contribution >= 4 is 28.9 Å². The van der Waals surface area contributed by atoms with Crippen LogP contribution in [0.15, 0.2) is 42.5 Å². The maximum absolute atomic E-state index is 12.1. The summed E-state index contributed by atoms with van der Waals surface area (Å²) in [5.74, 6) is 0.422. The van der Waals surface area contributed by atoms with Crippen molar-refractivity contribution in [3.8, 4) is 5.75 Å². The highest BCUT2D eigenvalue weighted by Gasteiger charge is 2.11. The normalized spacial score (nSPS) is 10.0. The fourth-order valence-corrected chi connectivity index (χ4v) is 1.78. The van der Waals surface area contributed by atoms with Gasteiger partial charge in [-0.3, -0.25) is 4.79 Å². The Labute approximate surface area is 116 Å². The molecule has 98 valence electrons. The zero-order chi connectivity index (χ0) is 13.8. The van der Waals surface area contributed by atoms with Gasteiger partial charge in [-0.2, -0.15) is 0 Å². The number of nitrogens with one attached hydrogen (secondary N) is 1. The summed E-state index contributed by atoms with van der Waals surface area (Å²) in [7, 11) is 1.58. The number of nitrogens with two attached hydrogens (primary N) is 1. The lowest BCUT2D eigenvalue weighted by Gasteiger charge is -2.09. The molecule has 0 unspecified atom stereocenters.